The molecule has 6 nitrogen and oxygen atoms in total. The predicted octanol–water partition coefficient (Wildman–Crippen LogP) is 3.60. The van der Waals surface area contributed by atoms with E-state index in [0.29, 0.717) is 43.6 Å². The number of hydrogen-bond donors (Lipinski definition) is 0. The molecule has 1 aliphatic rings. The van der Waals surface area contributed by atoms with Crippen LogP contribution in [0, 0.1) is 13.8 Å². The number of fused-ring (bicyclic) bond motifs is 1. The number of hydrogen-bond acceptors (Lipinski definition) is 5. The molecule has 0 unspecified atom stereocenters. The summed E-state index contributed by atoms with van der Waals surface area (Å²) in [5, 5.41) is 0.464. The molecule has 28 heavy (non-hydrogen) atoms. The molecular formula is C20H22ClN3O3S. The van der Waals surface area contributed by atoms with Crippen LogP contribution in [0.2, 0.25) is 5.02 Å². The third-order valence-corrected chi connectivity index (χ3v) is 7.36. The predicted molar refractivity (Wildman–Crippen MR) is 109 cm³/mol. The van der Waals surface area contributed by atoms with Gasteiger partial charge in [-0.3, -0.25) is 4.90 Å². The fraction of sp³-hybridized carbons (Fsp3) is 0.350. The quantitative estimate of drug-likeness (QED) is 0.646. The monoisotopic (exact) mass is 419 g/mol. The van der Waals surface area contributed by atoms with Gasteiger partial charge in [0.25, 0.3) is 0 Å². The molecule has 2 aromatic carbocycles. The zero-order valence-electron chi connectivity index (χ0n) is 15.9. The summed E-state index contributed by atoms with van der Waals surface area (Å²) >= 11 is 6.11. The minimum Gasteiger partial charge on any atom is -0.439 e. The first-order chi connectivity index (χ1) is 13.3. The topological polar surface area (TPSA) is 66.7 Å². The van der Waals surface area contributed by atoms with Crippen molar-refractivity contribution in [2.45, 2.75) is 25.3 Å². The smallest absolute Gasteiger partial charge is 0.243 e. The highest BCUT2D eigenvalue weighted by atomic mass is 35.5. The van der Waals surface area contributed by atoms with Crippen LogP contribution in [0.1, 0.15) is 17.0 Å². The van der Waals surface area contributed by atoms with E-state index in [4.69, 9.17) is 16.0 Å². The van der Waals surface area contributed by atoms with Gasteiger partial charge < -0.3 is 4.42 Å². The number of nitrogens with zero attached hydrogens (tertiary/aromatic N) is 3. The van der Waals surface area contributed by atoms with Crippen molar-refractivity contribution >= 4 is 32.7 Å². The van der Waals surface area contributed by atoms with Crippen LogP contribution in [0.4, 0.5) is 0 Å². The Morgan fingerprint density at radius 3 is 2.54 bits per heavy atom. The van der Waals surface area contributed by atoms with Crippen molar-refractivity contribution in [1.82, 2.24) is 14.2 Å². The first-order valence-electron chi connectivity index (χ1n) is 9.18. The van der Waals surface area contributed by atoms with Gasteiger partial charge in [-0.25, -0.2) is 13.4 Å². The number of benzene rings is 2. The summed E-state index contributed by atoms with van der Waals surface area (Å²) in [7, 11) is -3.54. The number of sulfonamides is 1. The lowest BCUT2D eigenvalue weighted by molar-refractivity contribution is 0.169. The van der Waals surface area contributed by atoms with Crippen molar-refractivity contribution in [2.75, 3.05) is 26.2 Å². The standard InChI is InChI=1S/C20H22ClN3O3S/c1-14-3-6-19-18(11-14)22-20(27-19)13-23-7-9-24(10-8-23)28(25,26)16-5-4-15(2)17(21)12-16/h3-6,11-12H,7-10,13H2,1-2H3. The second-order valence-corrected chi connectivity index (χ2v) is 9.52. The molecule has 1 aromatic heterocycles. The lowest BCUT2D eigenvalue weighted by Crippen LogP contribution is -2.48. The van der Waals surface area contributed by atoms with Crippen molar-refractivity contribution in [1.29, 1.82) is 0 Å². The average Bonchev–Trinajstić information content (AvgIpc) is 3.05. The van der Waals surface area contributed by atoms with Crippen molar-refractivity contribution < 1.29 is 12.8 Å². The van der Waals surface area contributed by atoms with E-state index >= 15 is 0 Å². The molecule has 0 bridgehead atoms. The van der Waals surface area contributed by atoms with Gasteiger partial charge in [0, 0.05) is 31.2 Å². The summed E-state index contributed by atoms with van der Waals surface area (Å²) in [6.07, 6.45) is 0. The maximum Gasteiger partial charge on any atom is 0.243 e. The zero-order valence-corrected chi connectivity index (χ0v) is 17.4. The van der Waals surface area contributed by atoms with Gasteiger partial charge in [0.2, 0.25) is 15.9 Å². The summed E-state index contributed by atoms with van der Waals surface area (Å²) in [5.41, 5.74) is 3.63. The van der Waals surface area contributed by atoms with Crippen molar-refractivity contribution in [3.05, 3.63) is 58.4 Å². The van der Waals surface area contributed by atoms with Gasteiger partial charge >= 0.3 is 0 Å². The van der Waals surface area contributed by atoms with Crippen LogP contribution in [-0.4, -0.2) is 48.8 Å². The molecule has 0 radical (unpaired) electrons. The number of halogens is 1. The SMILES string of the molecule is Cc1ccc2oc(CN3CCN(S(=O)(=O)c4ccc(C)c(Cl)c4)CC3)nc2c1. The Kier molecular flexibility index (Phi) is 5.18. The molecule has 4 rings (SSSR count). The molecule has 3 aromatic rings. The maximum absolute atomic E-state index is 12.9. The molecule has 0 N–H and O–H groups in total. The van der Waals surface area contributed by atoms with Crippen molar-refractivity contribution in [2.24, 2.45) is 0 Å². The summed E-state index contributed by atoms with van der Waals surface area (Å²) in [5.74, 6) is 0.655. The number of rotatable bonds is 4. The highest BCUT2D eigenvalue weighted by Gasteiger charge is 2.29. The van der Waals surface area contributed by atoms with Crippen molar-refractivity contribution in [3.8, 4) is 0 Å². The molecule has 8 heteroatoms. The molecule has 0 aliphatic carbocycles. The van der Waals surface area contributed by atoms with E-state index in [2.05, 4.69) is 9.88 Å². The third kappa shape index (κ3) is 3.80. The van der Waals surface area contributed by atoms with Gasteiger partial charge in [0.15, 0.2) is 5.58 Å². The molecule has 1 fully saturated rings. The summed E-state index contributed by atoms with van der Waals surface area (Å²) in [4.78, 5) is 6.95. The van der Waals surface area contributed by atoms with Crippen LogP contribution in [0.15, 0.2) is 45.7 Å². The molecule has 148 valence electrons. The Labute approximate surface area is 169 Å². The summed E-state index contributed by atoms with van der Waals surface area (Å²) < 4.78 is 33.1. The van der Waals surface area contributed by atoms with Gasteiger partial charge in [-0.15, -0.1) is 0 Å². The van der Waals surface area contributed by atoms with Crippen LogP contribution in [0.5, 0.6) is 0 Å². The van der Waals surface area contributed by atoms with Gasteiger partial charge in [-0.1, -0.05) is 23.7 Å². The van der Waals surface area contributed by atoms with E-state index < -0.39 is 10.0 Å². The van der Waals surface area contributed by atoms with Crippen LogP contribution >= 0.6 is 11.6 Å². The molecule has 1 aliphatic heterocycles. The first kappa shape index (κ1) is 19.4. The molecule has 0 spiro atoms. The van der Waals surface area contributed by atoms with Gasteiger partial charge in [0.1, 0.15) is 5.52 Å². The van der Waals surface area contributed by atoms with E-state index in [1.807, 2.05) is 32.0 Å². The fourth-order valence-corrected chi connectivity index (χ4v) is 5.05. The third-order valence-electron chi connectivity index (χ3n) is 5.06. The van der Waals surface area contributed by atoms with E-state index in [0.717, 1.165) is 22.2 Å². The average molecular weight is 420 g/mol. The second-order valence-electron chi connectivity index (χ2n) is 7.17. The number of aromatic nitrogens is 1. The highest BCUT2D eigenvalue weighted by molar-refractivity contribution is 7.89. The largest absolute Gasteiger partial charge is 0.439 e. The van der Waals surface area contributed by atoms with Crippen molar-refractivity contribution in [3.63, 3.8) is 0 Å². The van der Waals surface area contributed by atoms with Gasteiger partial charge in [-0.05, 0) is 49.2 Å². The molecule has 0 amide bonds. The maximum atomic E-state index is 12.9. The number of oxazole rings is 1. The van der Waals surface area contributed by atoms with Crippen LogP contribution in [0.25, 0.3) is 11.1 Å². The Morgan fingerprint density at radius 2 is 1.82 bits per heavy atom. The molecule has 0 atom stereocenters. The normalized spacial score (nSPS) is 16.7. The molecule has 2 heterocycles. The highest BCUT2D eigenvalue weighted by Crippen LogP contribution is 2.24. The Hall–Kier alpha value is -1.93. The lowest BCUT2D eigenvalue weighted by atomic mass is 10.2. The van der Waals surface area contributed by atoms with Crippen LogP contribution in [-0.2, 0) is 16.6 Å². The zero-order chi connectivity index (χ0) is 19.9. The Balaban J connectivity index is 1.42. The molecule has 0 saturated carbocycles. The second kappa shape index (κ2) is 7.48. The van der Waals surface area contributed by atoms with E-state index in [1.165, 1.54) is 10.4 Å². The molecule has 1 saturated heterocycles. The minimum absolute atomic E-state index is 0.242. The van der Waals surface area contributed by atoms with E-state index in [1.54, 1.807) is 12.1 Å². The summed E-state index contributed by atoms with van der Waals surface area (Å²) in [6.45, 7) is 6.53. The minimum atomic E-state index is -3.54. The lowest BCUT2D eigenvalue weighted by Gasteiger charge is -2.33. The van der Waals surface area contributed by atoms with E-state index in [-0.39, 0.29) is 4.90 Å². The van der Waals surface area contributed by atoms with Gasteiger partial charge in [-0.2, -0.15) is 4.31 Å². The molecular weight excluding hydrogens is 398 g/mol. The Bertz CT molecular complexity index is 1120. The van der Waals surface area contributed by atoms with Crippen LogP contribution in [0.3, 0.4) is 0 Å². The fourth-order valence-electron chi connectivity index (χ4n) is 3.36. The van der Waals surface area contributed by atoms with Gasteiger partial charge in [0.05, 0.1) is 11.4 Å². The van der Waals surface area contributed by atoms with E-state index in [9.17, 15) is 8.42 Å². The Morgan fingerprint density at radius 1 is 1.07 bits per heavy atom. The summed E-state index contributed by atoms with van der Waals surface area (Å²) in [6, 6.07) is 10.8. The first-order valence-corrected chi connectivity index (χ1v) is 11.0. The number of piperazine rings is 1. The van der Waals surface area contributed by atoms with Crippen LogP contribution < -0.4 is 0 Å². The number of aryl methyl sites for hydroxylation is 2.